The van der Waals surface area contributed by atoms with Gasteiger partial charge in [-0.25, -0.2) is 18.1 Å². The number of para-hydroxylation sites is 1. The zero-order valence-corrected chi connectivity index (χ0v) is 25.0. The van der Waals surface area contributed by atoms with Crippen molar-refractivity contribution >= 4 is 55.8 Å². The minimum atomic E-state index is -3.68. The van der Waals surface area contributed by atoms with Gasteiger partial charge in [-0.1, -0.05) is 18.6 Å². The Balaban J connectivity index is 1.35. The molecule has 2 aromatic carbocycles. The molecule has 0 radical (unpaired) electrons. The highest BCUT2D eigenvalue weighted by Crippen LogP contribution is 2.33. The van der Waals surface area contributed by atoms with Gasteiger partial charge in [0.2, 0.25) is 16.0 Å². The molecule has 0 amide bonds. The van der Waals surface area contributed by atoms with E-state index < -0.39 is 10.0 Å². The predicted molar refractivity (Wildman–Crippen MR) is 160 cm³/mol. The standard InChI is InChI=1S/C27H33IN6O4S/c1-3-37-24-15-19(38-20-13-14-34(2)17-20)11-12-22(24)31-27-29-16-21(28)26(32-27)30-23-9-4-5-10-25(23)39(35,36)33-18-7-6-8-18/h4-5,9-12,15-16,18,20,33H,3,6-8,13-14,17H2,1-2H3,(H2,29,30,31,32)/t20-/m1/s1. The first-order valence-corrected chi connectivity index (χ1v) is 15.7. The summed E-state index contributed by atoms with van der Waals surface area (Å²) < 4.78 is 41.7. The number of anilines is 4. The van der Waals surface area contributed by atoms with E-state index in [1.807, 2.05) is 25.1 Å². The lowest BCUT2D eigenvalue weighted by molar-refractivity contribution is 0.207. The molecule has 10 nitrogen and oxygen atoms in total. The molecule has 1 aromatic heterocycles. The van der Waals surface area contributed by atoms with Gasteiger partial charge in [0, 0.05) is 31.4 Å². The summed E-state index contributed by atoms with van der Waals surface area (Å²) in [5, 5.41) is 6.44. The second kappa shape index (κ2) is 12.2. The minimum absolute atomic E-state index is 0.00567. The largest absolute Gasteiger partial charge is 0.492 e. The van der Waals surface area contributed by atoms with E-state index in [1.54, 1.807) is 30.5 Å². The summed E-state index contributed by atoms with van der Waals surface area (Å²) in [6, 6.07) is 12.5. The highest BCUT2D eigenvalue weighted by molar-refractivity contribution is 14.1. The van der Waals surface area contributed by atoms with Gasteiger partial charge in [-0.2, -0.15) is 4.98 Å². The SMILES string of the molecule is CCOc1cc(O[C@@H]2CCN(C)C2)ccc1Nc1ncc(I)c(Nc2ccccc2S(=O)(=O)NC2CCC2)n1. The second-order valence-corrected chi connectivity index (χ2v) is 12.6. The Bertz CT molecular complexity index is 1420. The Morgan fingerprint density at radius 1 is 1.10 bits per heavy atom. The van der Waals surface area contributed by atoms with Crippen LogP contribution in [0.5, 0.6) is 11.5 Å². The number of nitrogens with zero attached hydrogens (tertiary/aromatic N) is 3. The van der Waals surface area contributed by atoms with Crippen molar-refractivity contribution < 1.29 is 17.9 Å². The number of hydrogen-bond donors (Lipinski definition) is 3. The first-order chi connectivity index (χ1) is 18.8. The zero-order valence-electron chi connectivity index (χ0n) is 22.0. The molecule has 2 aliphatic rings. The zero-order chi connectivity index (χ0) is 27.4. The molecule has 5 rings (SSSR count). The van der Waals surface area contributed by atoms with Crippen LogP contribution in [0.3, 0.4) is 0 Å². The number of sulfonamides is 1. The summed E-state index contributed by atoms with van der Waals surface area (Å²) in [4.78, 5) is 11.5. The molecule has 3 N–H and O–H groups in total. The molecule has 3 aromatic rings. The topological polar surface area (TPSA) is 118 Å². The molecule has 12 heteroatoms. The van der Waals surface area contributed by atoms with E-state index in [2.05, 4.69) is 59.9 Å². The van der Waals surface area contributed by atoms with Gasteiger partial charge in [0.1, 0.15) is 28.3 Å². The van der Waals surface area contributed by atoms with Gasteiger partial charge in [-0.3, -0.25) is 0 Å². The number of ether oxygens (including phenoxy) is 2. The third-order valence-electron chi connectivity index (χ3n) is 6.75. The number of rotatable bonds is 11. The van der Waals surface area contributed by atoms with Crippen molar-refractivity contribution in [1.29, 1.82) is 0 Å². The van der Waals surface area contributed by atoms with Crippen LogP contribution in [0.1, 0.15) is 32.6 Å². The van der Waals surface area contributed by atoms with Crippen molar-refractivity contribution in [2.75, 3.05) is 37.4 Å². The van der Waals surface area contributed by atoms with Crippen molar-refractivity contribution in [2.24, 2.45) is 0 Å². The molecule has 1 atom stereocenters. The maximum absolute atomic E-state index is 13.1. The molecule has 0 unspecified atom stereocenters. The molecule has 2 fully saturated rings. The van der Waals surface area contributed by atoms with Crippen molar-refractivity contribution in [3.63, 3.8) is 0 Å². The molecule has 1 saturated heterocycles. The third kappa shape index (κ3) is 6.91. The van der Waals surface area contributed by atoms with Crippen LogP contribution >= 0.6 is 22.6 Å². The molecule has 39 heavy (non-hydrogen) atoms. The number of nitrogens with one attached hydrogen (secondary N) is 3. The average molecular weight is 665 g/mol. The summed E-state index contributed by atoms with van der Waals surface area (Å²) >= 11 is 2.13. The number of likely N-dealkylation sites (N-methyl/N-ethyl adjacent to an activating group) is 1. The maximum Gasteiger partial charge on any atom is 0.242 e. The fraction of sp³-hybridized carbons (Fsp3) is 0.407. The molecular weight excluding hydrogens is 631 g/mol. The summed E-state index contributed by atoms with van der Waals surface area (Å²) in [6.07, 6.45) is 5.60. The summed E-state index contributed by atoms with van der Waals surface area (Å²) in [5.41, 5.74) is 1.15. The third-order valence-corrected chi connectivity index (χ3v) is 9.12. The fourth-order valence-corrected chi connectivity index (χ4v) is 6.38. The Kier molecular flexibility index (Phi) is 8.74. The molecular formula is C27H33IN6O4S. The monoisotopic (exact) mass is 664 g/mol. The van der Waals surface area contributed by atoms with Gasteiger partial charge in [0.15, 0.2) is 0 Å². The smallest absolute Gasteiger partial charge is 0.242 e. The normalized spacial score (nSPS) is 18.0. The fourth-order valence-electron chi connectivity index (χ4n) is 4.51. The highest BCUT2D eigenvalue weighted by Gasteiger charge is 2.27. The van der Waals surface area contributed by atoms with Gasteiger partial charge in [0.05, 0.1) is 21.6 Å². The van der Waals surface area contributed by atoms with Crippen LogP contribution in [0, 0.1) is 3.57 Å². The first kappa shape index (κ1) is 27.9. The maximum atomic E-state index is 13.1. The van der Waals surface area contributed by atoms with E-state index in [0.29, 0.717) is 35.5 Å². The Morgan fingerprint density at radius 3 is 2.64 bits per heavy atom. The molecule has 2 heterocycles. The highest BCUT2D eigenvalue weighted by atomic mass is 127. The second-order valence-electron chi connectivity index (χ2n) is 9.77. The first-order valence-electron chi connectivity index (χ1n) is 13.1. The van der Waals surface area contributed by atoms with Gasteiger partial charge >= 0.3 is 0 Å². The molecule has 1 aliphatic carbocycles. The van der Waals surface area contributed by atoms with Crippen molar-refractivity contribution in [3.8, 4) is 11.5 Å². The lowest BCUT2D eigenvalue weighted by atomic mass is 9.94. The molecule has 0 bridgehead atoms. The number of hydrogen-bond acceptors (Lipinski definition) is 9. The van der Waals surface area contributed by atoms with Crippen LogP contribution in [0.4, 0.5) is 23.1 Å². The lowest BCUT2D eigenvalue weighted by Crippen LogP contribution is -2.39. The van der Waals surface area contributed by atoms with Gasteiger partial charge in [-0.05, 0) is 80.1 Å². The molecule has 208 valence electrons. The minimum Gasteiger partial charge on any atom is -0.492 e. The van der Waals surface area contributed by atoms with Crippen LogP contribution in [0.2, 0.25) is 0 Å². The van der Waals surface area contributed by atoms with Crippen LogP contribution in [-0.2, 0) is 10.0 Å². The lowest BCUT2D eigenvalue weighted by Gasteiger charge is -2.26. The van der Waals surface area contributed by atoms with Crippen LogP contribution in [-0.4, -0.2) is 62.2 Å². The van der Waals surface area contributed by atoms with E-state index in [-0.39, 0.29) is 17.0 Å². The number of benzene rings is 2. The summed E-state index contributed by atoms with van der Waals surface area (Å²) in [7, 11) is -1.58. The molecule has 1 saturated carbocycles. The predicted octanol–water partition coefficient (Wildman–Crippen LogP) is 4.88. The van der Waals surface area contributed by atoms with E-state index >= 15 is 0 Å². The van der Waals surface area contributed by atoms with Gasteiger partial charge in [-0.15, -0.1) is 0 Å². The summed E-state index contributed by atoms with van der Waals surface area (Å²) in [6.45, 7) is 4.34. The summed E-state index contributed by atoms with van der Waals surface area (Å²) in [5.74, 6) is 2.22. The Hall–Kier alpha value is -2.68. The van der Waals surface area contributed by atoms with Gasteiger partial charge < -0.3 is 25.0 Å². The van der Waals surface area contributed by atoms with Crippen molar-refractivity contribution in [2.45, 2.75) is 49.6 Å². The van der Waals surface area contributed by atoms with Crippen molar-refractivity contribution in [3.05, 3.63) is 52.2 Å². The Morgan fingerprint density at radius 2 is 1.92 bits per heavy atom. The number of halogens is 1. The van der Waals surface area contributed by atoms with Crippen LogP contribution in [0.25, 0.3) is 0 Å². The van der Waals surface area contributed by atoms with Crippen LogP contribution < -0.4 is 24.8 Å². The van der Waals surface area contributed by atoms with Gasteiger partial charge in [0.25, 0.3) is 0 Å². The van der Waals surface area contributed by atoms with E-state index in [4.69, 9.17) is 9.47 Å². The van der Waals surface area contributed by atoms with E-state index in [0.717, 1.165) is 48.1 Å². The van der Waals surface area contributed by atoms with Crippen molar-refractivity contribution in [1.82, 2.24) is 19.6 Å². The average Bonchev–Trinajstić information content (AvgIpc) is 3.30. The quantitative estimate of drug-likeness (QED) is 0.247. The number of aromatic nitrogens is 2. The Labute approximate surface area is 243 Å². The molecule has 0 spiro atoms. The number of likely N-dealkylation sites (tertiary alicyclic amines) is 1. The van der Waals surface area contributed by atoms with E-state index in [1.165, 1.54) is 0 Å². The van der Waals surface area contributed by atoms with Crippen LogP contribution in [0.15, 0.2) is 53.6 Å². The van der Waals surface area contributed by atoms with E-state index in [9.17, 15) is 8.42 Å². The molecule has 1 aliphatic heterocycles.